The lowest BCUT2D eigenvalue weighted by Crippen LogP contribution is -2.47. The van der Waals surface area contributed by atoms with E-state index < -0.39 is 11.7 Å². The van der Waals surface area contributed by atoms with Gasteiger partial charge in [0.05, 0.1) is 31.0 Å². The monoisotopic (exact) mass is 491 g/mol. The molecule has 36 heavy (non-hydrogen) atoms. The van der Waals surface area contributed by atoms with Crippen LogP contribution in [0.15, 0.2) is 48.7 Å². The Bertz CT molecular complexity index is 1290. The molecule has 2 aromatic carbocycles. The minimum atomic E-state index is -0.669. The summed E-state index contributed by atoms with van der Waals surface area (Å²) in [6.45, 7) is 3.47. The molecule has 2 fully saturated rings. The minimum absolute atomic E-state index is 0.336. The summed E-state index contributed by atoms with van der Waals surface area (Å²) < 4.78 is 22.6. The van der Waals surface area contributed by atoms with E-state index >= 15 is 0 Å². The van der Waals surface area contributed by atoms with Crippen LogP contribution in [0.2, 0.25) is 0 Å². The van der Waals surface area contributed by atoms with Gasteiger partial charge in [0.15, 0.2) is 11.5 Å². The van der Waals surface area contributed by atoms with Gasteiger partial charge in [-0.2, -0.15) is 0 Å². The number of hydrogen-bond acceptors (Lipinski definition) is 8. The summed E-state index contributed by atoms with van der Waals surface area (Å²) in [5.41, 5.74) is 1.87. The molecule has 0 bridgehead atoms. The molecule has 9 nitrogen and oxygen atoms in total. The molecule has 2 saturated heterocycles. The SMILES string of the molecule is COc1ccc2nccc([C@H](O)CN3CCC4(CC3)CN(c3ccc5c(c3)OCCO5)C(=O)O4)c2c1. The van der Waals surface area contributed by atoms with Crippen LogP contribution < -0.4 is 19.1 Å². The first-order valence-electron chi connectivity index (χ1n) is 12.3. The number of amides is 1. The Morgan fingerprint density at radius 1 is 1.08 bits per heavy atom. The predicted molar refractivity (Wildman–Crippen MR) is 133 cm³/mol. The molecule has 1 aromatic heterocycles. The number of carbonyl (C=O) groups is 1. The molecule has 1 N–H and O–H groups in total. The van der Waals surface area contributed by atoms with E-state index in [0.29, 0.717) is 50.6 Å². The molecule has 0 radical (unpaired) electrons. The molecule has 3 aromatic rings. The molecule has 0 unspecified atom stereocenters. The lowest BCUT2D eigenvalue weighted by atomic mass is 9.90. The zero-order valence-corrected chi connectivity index (χ0v) is 20.2. The highest BCUT2D eigenvalue weighted by Gasteiger charge is 2.47. The zero-order valence-electron chi connectivity index (χ0n) is 20.2. The van der Waals surface area contributed by atoms with E-state index in [4.69, 9.17) is 18.9 Å². The highest BCUT2D eigenvalue weighted by Crippen LogP contribution is 2.40. The molecular formula is C27H29N3O6. The average molecular weight is 492 g/mol. The first kappa shape index (κ1) is 22.9. The summed E-state index contributed by atoms with van der Waals surface area (Å²) in [6.07, 6.45) is 2.13. The maximum absolute atomic E-state index is 12.8. The van der Waals surface area contributed by atoms with E-state index in [2.05, 4.69) is 9.88 Å². The summed E-state index contributed by atoms with van der Waals surface area (Å²) in [6, 6.07) is 13.1. The number of fused-ring (bicyclic) bond motifs is 2. The number of aliphatic hydroxyl groups excluding tert-OH is 1. The lowest BCUT2D eigenvalue weighted by molar-refractivity contribution is -0.00968. The summed E-state index contributed by atoms with van der Waals surface area (Å²) in [7, 11) is 1.63. The summed E-state index contributed by atoms with van der Waals surface area (Å²) in [4.78, 5) is 21.1. The van der Waals surface area contributed by atoms with E-state index in [1.54, 1.807) is 18.2 Å². The Hall–Kier alpha value is -3.56. The quantitative estimate of drug-likeness (QED) is 0.579. The number of aromatic nitrogens is 1. The third kappa shape index (κ3) is 4.18. The van der Waals surface area contributed by atoms with Gasteiger partial charge in [-0.05, 0) is 42.0 Å². The van der Waals surface area contributed by atoms with Crippen molar-refractivity contribution in [2.75, 3.05) is 51.4 Å². The van der Waals surface area contributed by atoms with Crippen molar-refractivity contribution in [3.05, 3.63) is 54.2 Å². The number of methoxy groups -OCH3 is 1. The minimum Gasteiger partial charge on any atom is -0.497 e. The fraction of sp³-hybridized carbons (Fsp3) is 0.407. The van der Waals surface area contributed by atoms with Gasteiger partial charge in [-0.3, -0.25) is 9.88 Å². The van der Waals surface area contributed by atoms with Crippen LogP contribution in [0.3, 0.4) is 0 Å². The van der Waals surface area contributed by atoms with Gasteiger partial charge >= 0.3 is 6.09 Å². The Balaban J connectivity index is 1.11. The van der Waals surface area contributed by atoms with Crippen LogP contribution in [0.1, 0.15) is 24.5 Å². The molecule has 9 heteroatoms. The zero-order chi connectivity index (χ0) is 24.7. The molecule has 1 spiro atoms. The van der Waals surface area contributed by atoms with E-state index in [1.807, 2.05) is 42.5 Å². The Labute approximate surface area is 209 Å². The van der Waals surface area contributed by atoms with Gasteiger partial charge in [0, 0.05) is 50.1 Å². The molecule has 0 aliphatic carbocycles. The van der Waals surface area contributed by atoms with E-state index in [0.717, 1.165) is 41.0 Å². The normalized spacial score (nSPS) is 19.9. The largest absolute Gasteiger partial charge is 0.497 e. The lowest BCUT2D eigenvalue weighted by Gasteiger charge is -2.38. The molecule has 6 rings (SSSR count). The number of β-amino-alcohol motifs (C(OH)–C–C–N with tert-alkyl or cyclic N) is 1. The van der Waals surface area contributed by atoms with Crippen LogP contribution >= 0.6 is 0 Å². The molecule has 3 aliphatic rings. The van der Waals surface area contributed by atoms with Gasteiger partial charge in [0.25, 0.3) is 0 Å². The summed E-state index contributed by atoms with van der Waals surface area (Å²) >= 11 is 0. The van der Waals surface area contributed by atoms with Crippen molar-refractivity contribution in [2.45, 2.75) is 24.5 Å². The number of piperidine rings is 1. The van der Waals surface area contributed by atoms with E-state index in [1.165, 1.54) is 0 Å². The number of nitrogens with zero attached hydrogens (tertiary/aromatic N) is 3. The van der Waals surface area contributed by atoms with E-state index in [9.17, 15) is 9.90 Å². The van der Waals surface area contributed by atoms with Crippen molar-refractivity contribution in [3.63, 3.8) is 0 Å². The topological polar surface area (TPSA) is 93.6 Å². The second-order valence-corrected chi connectivity index (χ2v) is 9.56. The number of rotatable bonds is 5. The number of pyridine rings is 1. The third-order valence-electron chi connectivity index (χ3n) is 7.35. The molecule has 3 aliphatic heterocycles. The molecule has 188 valence electrons. The van der Waals surface area contributed by atoms with Gasteiger partial charge in [-0.25, -0.2) is 4.79 Å². The maximum atomic E-state index is 12.8. The molecule has 0 saturated carbocycles. The van der Waals surface area contributed by atoms with Gasteiger partial charge in [0.1, 0.15) is 24.6 Å². The molecule has 4 heterocycles. The van der Waals surface area contributed by atoms with Crippen LogP contribution in [0.25, 0.3) is 10.9 Å². The molecular weight excluding hydrogens is 462 g/mol. The maximum Gasteiger partial charge on any atom is 0.415 e. The summed E-state index contributed by atoms with van der Waals surface area (Å²) in [5.74, 6) is 2.08. The van der Waals surface area contributed by atoms with Crippen LogP contribution in [-0.4, -0.2) is 73.2 Å². The van der Waals surface area contributed by atoms with E-state index in [-0.39, 0.29) is 6.09 Å². The van der Waals surface area contributed by atoms with Gasteiger partial charge in [-0.1, -0.05) is 0 Å². The van der Waals surface area contributed by atoms with Crippen LogP contribution in [0, 0.1) is 0 Å². The van der Waals surface area contributed by atoms with Crippen LogP contribution in [0.5, 0.6) is 17.2 Å². The first-order valence-corrected chi connectivity index (χ1v) is 12.3. The third-order valence-corrected chi connectivity index (χ3v) is 7.35. The predicted octanol–water partition coefficient (Wildman–Crippen LogP) is 3.54. The van der Waals surface area contributed by atoms with Crippen LogP contribution in [-0.2, 0) is 4.74 Å². The number of hydrogen-bond donors (Lipinski definition) is 1. The van der Waals surface area contributed by atoms with Crippen molar-refractivity contribution in [3.8, 4) is 17.2 Å². The number of benzene rings is 2. The second-order valence-electron chi connectivity index (χ2n) is 9.56. The van der Waals surface area contributed by atoms with Crippen molar-refractivity contribution >= 4 is 22.7 Å². The van der Waals surface area contributed by atoms with Gasteiger partial charge < -0.3 is 29.0 Å². The molecule has 1 atom stereocenters. The highest BCUT2D eigenvalue weighted by atomic mass is 16.6. The number of anilines is 1. The Kier molecular flexibility index (Phi) is 5.81. The highest BCUT2D eigenvalue weighted by molar-refractivity contribution is 5.91. The first-order chi connectivity index (χ1) is 17.5. The summed E-state index contributed by atoms with van der Waals surface area (Å²) in [5, 5.41) is 12.0. The van der Waals surface area contributed by atoms with Crippen LogP contribution in [0.4, 0.5) is 10.5 Å². The number of aliphatic hydroxyl groups is 1. The Morgan fingerprint density at radius 2 is 1.89 bits per heavy atom. The standard InChI is InChI=1S/C27H29N3O6/c1-33-19-3-4-22-21(15-19)20(6-9-28-22)23(31)16-29-10-7-27(8-11-29)17-30(26(32)36-27)18-2-5-24-25(14-18)35-13-12-34-24/h2-6,9,14-15,23,31H,7-8,10-13,16-17H2,1H3/t23-/m1/s1. The average Bonchev–Trinajstić information content (AvgIpc) is 3.24. The number of likely N-dealkylation sites (tertiary alicyclic amines) is 1. The fourth-order valence-electron chi connectivity index (χ4n) is 5.33. The smallest absolute Gasteiger partial charge is 0.415 e. The van der Waals surface area contributed by atoms with Crippen molar-refractivity contribution in [2.24, 2.45) is 0 Å². The van der Waals surface area contributed by atoms with Crippen molar-refractivity contribution in [1.29, 1.82) is 0 Å². The van der Waals surface area contributed by atoms with Gasteiger partial charge in [0.2, 0.25) is 0 Å². The number of ether oxygens (including phenoxy) is 4. The van der Waals surface area contributed by atoms with Gasteiger partial charge in [-0.15, -0.1) is 0 Å². The number of carbonyl (C=O) groups excluding carboxylic acids is 1. The fourth-order valence-corrected chi connectivity index (χ4v) is 5.33. The molecule has 1 amide bonds. The second kappa shape index (κ2) is 9.15. The Morgan fingerprint density at radius 3 is 2.69 bits per heavy atom. The van der Waals surface area contributed by atoms with Crippen molar-refractivity contribution in [1.82, 2.24) is 9.88 Å². The van der Waals surface area contributed by atoms with Crippen molar-refractivity contribution < 1.29 is 28.8 Å².